The number of hydrogen-bond donors (Lipinski definition) is 1. The Morgan fingerprint density at radius 1 is 1.12 bits per heavy atom. The second-order valence-electron chi connectivity index (χ2n) is 8.53. The molecule has 41 heavy (non-hydrogen) atoms. The highest BCUT2D eigenvalue weighted by atomic mass is 35.5. The van der Waals surface area contributed by atoms with Crippen LogP contribution in [0.4, 0.5) is 13.2 Å². The standard InChI is InChI=1S/C24H20ClF3N6O2S.C2H6.C2H2/c1-13-2-3-18(34(13)37-20-9-16-19(36-20)5-7-30-21(16)25)22(35)31-10-14-4-6-29-17(8-14)15-11-32-23(33-12-15)24(26,27)28;2*1-2/h4-9,11-13,18H,2-3,10H2,1H3,(H,31,35);1-2H3;1-2H/t13-,18-;;/m0../s1. The molecule has 0 spiro atoms. The molecule has 8 nitrogen and oxygen atoms in total. The zero-order chi connectivity index (χ0) is 30.2. The molecule has 216 valence electrons. The highest BCUT2D eigenvalue weighted by Crippen LogP contribution is 2.38. The van der Waals surface area contributed by atoms with Gasteiger partial charge >= 0.3 is 6.18 Å². The smallest absolute Gasteiger partial charge is 0.448 e. The number of alkyl halides is 3. The number of furan rings is 1. The topological polar surface area (TPSA) is 97.0 Å². The third-order valence-electron chi connectivity index (χ3n) is 5.96. The van der Waals surface area contributed by atoms with Crippen LogP contribution in [0.3, 0.4) is 0 Å². The van der Waals surface area contributed by atoms with Crippen molar-refractivity contribution in [3.8, 4) is 24.1 Å². The Hall–Kier alpha value is -3.66. The number of pyridine rings is 2. The molecule has 1 saturated heterocycles. The fourth-order valence-corrected chi connectivity index (χ4v) is 5.40. The number of aromatic nitrogens is 4. The van der Waals surface area contributed by atoms with Gasteiger partial charge in [0.25, 0.3) is 0 Å². The molecule has 4 aromatic rings. The van der Waals surface area contributed by atoms with Gasteiger partial charge in [-0.3, -0.25) is 9.78 Å². The lowest BCUT2D eigenvalue weighted by molar-refractivity contribution is -0.145. The van der Waals surface area contributed by atoms with E-state index in [4.69, 9.17) is 16.0 Å². The van der Waals surface area contributed by atoms with E-state index in [2.05, 4.69) is 45.0 Å². The van der Waals surface area contributed by atoms with Gasteiger partial charge in [-0.1, -0.05) is 25.4 Å². The number of carbonyl (C=O) groups excluding carboxylic acids is 1. The number of fused-ring (bicyclic) bond motifs is 1. The molecule has 4 aromatic heterocycles. The van der Waals surface area contributed by atoms with Gasteiger partial charge < -0.3 is 9.73 Å². The van der Waals surface area contributed by atoms with Gasteiger partial charge in [-0.15, -0.1) is 12.8 Å². The lowest BCUT2D eigenvalue weighted by Crippen LogP contribution is -2.41. The average Bonchev–Trinajstić information content (AvgIpc) is 3.57. The van der Waals surface area contributed by atoms with Crippen molar-refractivity contribution >= 4 is 40.4 Å². The first-order valence-corrected chi connectivity index (χ1v) is 13.8. The summed E-state index contributed by atoms with van der Waals surface area (Å²) in [4.78, 5) is 28.1. The van der Waals surface area contributed by atoms with Crippen molar-refractivity contribution in [1.29, 1.82) is 0 Å². The molecule has 0 bridgehead atoms. The quantitative estimate of drug-likeness (QED) is 0.146. The normalized spacial score (nSPS) is 16.8. The maximum absolute atomic E-state index is 13.1. The van der Waals surface area contributed by atoms with Crippen LogP contribution in [0.2, 0.25) is 5.15 Å². The summed E-state index contributed by atoms with van der Waals surface area (Å²) in [6.07, 6.45) is 10.2. The zero-order valence-corrected chi connectivity index (χ0v) is 24.1. The predicted octanol–water partition coefficient (Wildman–Crippen LogP) is 6.80. The zero-order valence-electron chi connectivity index (χ0n) is 22.5. The number of rotatable bonds is 6. The molecule has 1 fully saturated rings. The molecule has 1 aliphatic rings. The number of amides is 1. The van der Waals surface area contributed by atoms with E-state index in [-0.39, 0.29) is 24.5 Å². The lowest BCUT2D eigenvalue weighted by Gasteiger charge is -2.25. The number of hydrogen-bond acceptors (Lipinski definition) is 8. The summed E-state index contributed by atoms with van der Waals surface area (Å²) in [6.45, 7) is 6.28. The summed E-state index contributed by atoms with van der Waals surface area (Å²) in [5, 5.41) is 4.65. The highest BCUT2D eigenvalue weighted by molar-refractivity contribution is 7.97. The molecular weight excluding hydrogens is 577 g/mol. The Kier molecular flexibility index (Phi) is 11.1. The van der Waals surface area contributed by atoms with Gasteiger partial charge in [0.1, 0.15) is 10.7 Å². The van der Waals surface area contributed by atoms with Crippen LogP contribution >= 0.6 is 23.5 Å². The molecule has 1 aliphatic heterocycles. The lowest BCUT2D eigenvalue weighted by atomic mass is 10.1. The summed E-state index contributed by atoms with van der Waals surface area (Å²) in [6, 6.07) is 6.75. The number of halogens is 4. The monoisotopic (exact) mass is 604 g/mol. The average molecular weight is 605 g/mol. The van der Waals surface area contributed by atoms with E-state index in [0.717, 1.165) is 24.4 Å². The van der Waals surface area contributed by atoms with E-state index in [1.54, 1.807) is 24.4 Å². The first kappa shape index (κ1) is 31.9. The minimum Gasteiger partial charge on any atom is -0.448 e. The molecule has 1 amide bonds. The predicted molar refractivity (Wildman–Crippen MR) is 153 cm³/mol. The highest BCUT2D eigenvalue weighted by Gasteiger charge is 2.37. The second kappa shape index (κ2) is 14.3. The number of terminal acetylenes is 1. The Bertz CT molecular complexity index is 1480. The minimum atomic E-state index is -4.61. The summed E-state index contributed by atoms with van der Waals surface area (Å²) in [5.74, 6) is -1.35. The first-order valence-electron chi connectivity index (χ1n) is 12.6. The summed E-state index contributed by atoms with van der Waals surface area (Å²) >= 11 is 7.52. The Labute approximate surface area is 245 Å². The maximum Gasteiger partial charge on any atom is 0.451 e. The third-order valence-corrected chi connectivity index (χ3v) is 7.47. The minimum absolute atomic E-state index is 0.135. The molecule has 1 N–H and O–H groups in total. The molecule has 5 rings (SSSR count). The number of carbonyl (C=O) groups is 1. The van der Waals surface area contributed by atoms with Crippen LogP contribution in [0.15, 0.2) is 58.6 Å². The number of nitrogens with zero attached hydrogens (tertiary/aromatic N) is 5. The van der Waals surface area contributed by atoms with Crippen molar-refractivity contribution in [2.24, 2.45) is 0 Å². The van der Waals surface area contributed by atoms with E-state index in [1.807, 2.05) is 24.2 Å². The SMILES string of the molecule is C#C.CC.C[C@H]1CC[C@@H](C(=O)NCc2ccnc(-c3cnc(C(F)(F)F)nc3)c2)N1Sc1cc2c(Cl)nccc2o1. The van der Waals surface area contributed by atoms with Crippen molar-refractivity contribution in [3.63, 3.8) is 0 Å². The molecule has 0 saturated carbocycles. The van der Waals surface area contributed by atoms with E-state index in [9.17, 15) is 18.0 Å². The van der Waals surface area contributed by atoms with Crippen LogP contribution < -0.4 is 5.32 Å². The molecule has 5 heterocycles. The molecule has 2 atom stereocenters. The van der Waals surface area contributed by atoms with Gasteiger partial charge in [-0.2, -0.15) is 13.2 Å². The summed E-state index contributed by atoms with van der Waals surface area (Å²) < 4.78 is 46.1. The van der Waals surface area contributed by atoms with E-state index in [0.29, 0.717) is 38.9 Å². The van der Waals surface area contributed by atoms with Crippen LogP contribution in [0.25, 0.3) is 22.2 Å². The number of nitrogens with one attached hydrogen (secondary N) is 1. The molecule has 0 aromatic carbocycles. The molecule has 0 aliphatic carbocycles. The van der Waals surface area contributed by atoms with Crippen LogP contribution in [0.5, 0.6) is 0 Å². The molecule has 0 radical (unpaired) electrons. The van der Waals surface area contributed by atoms with Gasteiger partial charge in [0.05, 0.1) is 17.1 Å². The van der Waals surface area contributed by atoms with Crippen molar-refractivity contribution in [1.82, 2.24) is 29.6 Å². The summed E-state index contributed by atoms with van der Waals surface area (Å²) in [5.41, 5.74) is 2.12. The largest absolute Gasteiger partial charge is 0.451 e. The van der Waals surface area contributed by atoms with Gasteiger partial charge in [0.2, 0.25) is 11.7 Å². The first-order chi connectivity index (χ1) is 19.7. The van der Waals surface area contributed by atoms with Gasteiger partial charge in [0, 0.05) is 49.0 Å². The van der Waals surface area contributed by atoms with Gasteiger partial charge in [-0.05, 0) is 55.5 Å². The Balaban J connectivity index is 0.00000111. The van der Waals surface area contributed by atoms with Crippen LogP contribution in [-0.4, -0.2) is 42.2 Å². The fourth-order valence-electron chi connectivity index (χ4n) is 4.07. The van der Waals surface area contributed by atoms with E-state index in [1.165, 1.54) is 18.1 Å². The van der Waals surface area contributed by atoms with Crippen molar-refractivity contribution in [3.05, 3.63) is 65.6 Å². The van der Waals surface area contributed by atoms with Crippen LogP contribution in [0.1, 0.15) is 45.0 Å². The van der Waals surface area contributed by atoms with E-state index >= 15 is 0 Å². The van der Waals surface area contributed by atoms with Crippen molar-refractivity contribution < 1.29 is 22.4 Å². The van der Waals surface area contributed by atoms with Crippen molar-refractivity contribution in [2.45, 2.75) is 63.5 Å². The summed E-state index contributed by atoms with van der Waals surface area (Å²) in [7, 11) is 0. The molecule has 0 unspecified atom stereocenters. The van der Waals surface area contributed by atoms with Gasteiger partial charge in [0.15, 0.2) is 5.09 Å². The molecular formula is C28H28ClF3N6O2S. The second-order valence-corrected chi connectivity index (χ2v) is 9.90. The van der Waals surface area contributed by atoms with Crippen LogP contribution in [-0.2, 0) is 17.5 Å². The van der Waals surface area contributed by atoms with Gasteiger partial charge in [-0.25, -0.2) is 19.3 Å². The Morgan fingerprint density at radius 3 is 2.46 bits per heavy atom. The fraction of sp³-hybridized carbons (Fsp3) is 0.321. The van der Waals surface area contributed by atoms with Crippen molar-refractivity contribution in [2.75, 3.05) is 0 Å². The third kappa shape index (κ3) is 7.75. The molecule has 13 heteroatoms. The Morgan fingerprint density at radius 2 is 1.80 bits per heavy atom. The van der Waals surface area contributed by atoms with Crippen LogP contribution in [0, 0.1) is 12.8 Å². The van der Waals surface area contributed by atoms with E-state index < -0.39 is 12.0 Å². The maximum atomic E-state index is 13.1.